The largest absolute Gasteiger partial charge is 0.493 e. The first-order chi connectivity index (χ1) is 10.1. The number of aromatic nitrogens is 2. The molecule has 1 atom stereocenters. The summed E-state index contributed by atoms with van der Waals surface area (Å²) in [6, 6.07) is 8.78. The molecule has 0 amide bonds. The maximum atomic E-state index is 5.54. The monoisotopic (exact) mass is 399 g/mol. The third kappa shape index (κ3) is 3.40. The van der Waals surface area contributed by atoms with Gasteiger partial charge in [-0.3, -0.25) is 4.68 Å². The second-order valence-corrected chi connectivity index (χ2v) is 6.31. The Bertz CT molecular complexity index is 595. The van der Waals surface area contributed by atoms with E-state index in [-0.39, 0.29) is 12.1 Å². The van der Waals surface area contributed by atoms with Crippen molar-refractivity contribution in [3.8, 4) is 5.75 Å². The van der Waals surface area contributed by atoms with Crippen molar-refractivity contribution in [1.29, 1.82) is 0 Å². The van der Waals surface area contributed by atoms with Crippen molar-refractivity contribution in [2.45, 2.75) is 32.9 Å². The SMILES string of the molecule is CCNC(c1ccccc1I)c1c(OC)cnn1C(C)C. The van der Waals surface area contributed by atoms with Crippen LogP contribution in [-0.4, -0.2) is 23.4 Å². The predicted molar refractivity (Wildman–Crippen MR) is 93.8 cm³/mol. The average Bonchev–Trinajstić information content (AvgIpc) is 2.89. The number of nitrogens with zero attached hydrogens (tertiary/aromatic N) is 2. The van der Waals surface area contributed by atoms with Gasteiger partial charge in [-0.15, -0.1) is 0 Å². The molecule has 1 N–H and O–H groups in total. The molecule has 21 heavy (non-hydrogen) atoms. The molecule has 2 aromatic rings. The summed E-state index contributed by atoms with van der Waals surface area (Å²) < 4.78 is 8.81. The number of halogens is 1. The summed E-state index contributed by atoms with van der Waals surface area (Å²) in [6.07, 6.45) is 1.80. The van der Waals surface area contributed by atoms with E-state index < -0.39 is 0 Å². The lowest BCUT2D eigenvalue weighted by atomic mass is 10.0. The highest BCUT2D eigenvalue weighted by atomic mass is 127. The van der Waals surface area contributed by atoms with Gasteiger partial charge in [0.15, 0.2) is 5.75 Å². The minimum absolute atomic E-state index is 0.0722. The van der Waals surface area contributed by atoms with E-state index in [1.165, 1.54) is 9.13 Å². The van der Waals surface area contributed by atoms with Crippen LogP contribution in [0.2, 0.25) is 0 Å². The Hall–Kier alpha value is -1.08. The lowest BCUT2D eigenvalue weighted by Gasteiger charge is -2.23. The van der Waals surface area contributed by atoms with E-state index in [1.807, 2.05) is 4.68 Å². The Balaban J connectivity index is 2.58. The highest BCUT2D eigenvalue weighted by molar-refractivity contribution is 14.1. The minimum Gasteiger partial charge on any atom is -0.493 e. The molecule has 1 aromatic carbocycles. The van der Waals surface area contributed by atoms with Crippen LogP contribution in [0.3, 0.4) is 0 Å². The molecular formula is C16H22IN3O. The number of rotatable bonds is 6. The molecule has 1 heterocycles. The average molecular weight is 399 g/mol. The molecule has 0 radical (unpaired) electrons. The van der Waals surface area contributed by atoms with Crippen molar-refractivity contribution in [2.75, 3.05) is 13.7 Å². The second-order valence-electron chi connectivity index (χ2n) is 5.15. The Morgan fingerprint density at radius 1 is 1.33 bits per heavy atom. The minimum atomic E-state index is 0.0722. The van der Waals surface area contributed by atoms with E-state index in [1.54, 1.807) is 13.3 Å². The number of hydrogen-bond acceptors (Lipinski definition) is 3. The molecule has 0 aliphatic heterocycles. The topological polar surface area (TPSA) is 39.1 Å². The first-order valence-corrected chi connectivity index (χ1v) is 8.27. The quantitative estimate of drug-likeness (QED) is 0.752. The fourth-order valence-electron chi connectivity index (χ4n) is 2.47. The van der Waals surface area contributed by atoms with Gasteiger partial charge in [-0.2, -0.15) is 5.10 Å². The molecule has 0 aliphatic rings. The van der Waals surface area contributed by atoms with Gasteiger partial charge in [0.05, 0.1) is 19.3 Å². The van der Waals surface area contributed by atoms with Gasteiger partial charge in [0.2, 0.25) is 0 Å². The summed E-state index contributed by atoms with van der Waals surface area (Å²) in [5, 5.41) is 8.06. The maximum Gasteiger partial charge on any atom is 0.161 e. The lowest BCUT2D eigenvalue weighted by molar-refractivity contribution is 0.394. The molecule has 0 fully saturated rings. The fourth-order valence-corrected chi connectivity index (χ4v) is 3.17. The first kappa shape index (κ1) is 16.3. The van der Waals surface area contributed by atoms with Gasteiger partial charge in [0.25, 0.3) is 0 Å². The normalized spacial score (nSPS) is 12.7. The Morgan fingerprint density at radius 3 is 2.62 bits per heavy atom. The summed E-state index contributed by atoms with van der Waals surface area (Å²) in [4.78, 5) is 0. The summed E-state index contributed by atoms with van der Waals surface area (Å²) in [5.41, 5.74) is 2.33. The maximum absolute atomic E-state index is 5.54. The van der Waals surface area contributed by atoms with Crippen LogP contribution >= 0.6 is 22.6 Å². The van der Waals surface area contributed by atoms with Crippen LogP contribution in [0.5, 0.6) is 5.75 Å². The van der Waals surface area contributed by atoms with Crippen LogP contribution in [0, 0.1) is 3.57 Å². The van der Waals surface area contributed by atoms with Crippen LogP contribution in [0.25, 0.3) is 0 Å². The zero-order chi connectivity index (χ0) is 15.4. The molecule has 4 nitrogen and oxygen atoms in total. The number of methoxy groups -OCH3 is 1. The highest BCUT2D eigenvalue weighted by Crippen LogP contribution is 2.33. The van der Waals surface area contributed by atoms with Crippen molar-refractivity contribution in [1.82, 2.24) is 15.1 Å². The van der Waals surface area contributed by atoms with E-state index in [9.17, 15) is 0 Å². The molecule has 114 valence electrons. The van der Waals surface area contributed by atoms with Gasteiger partial charge in [0.1, 0.15) is 5.69 Å². The molecule has 1 aromatic heterocycles. The van der Waals surface area contributed by atoms with E-state index in [4.69, 9.17) is 4.74 Å². The standard InChI is InChI=1S/C16H22IN3O/c1-5-18-15(12-8-6-7-9-13(12)17)16-14(21-4)10-19-20(16)11(2)3/h6-11,15,18H,5H2,1-4H3. The Labute approximate surface area is 140 Å². The third-order valence-corrected chi connectivity index (χ3v) is 4.39. The van der Waals surface area contributed by atoms with E-state index >= 15 is 0 Å². The molecular weight excluding hydrogens is 377 g/mol. The smallest absolute Gasteiger partial charge is 0.161 e. The van der Waals surface area contributed by atoms with Crippen LogP contribution in [0.1, 0.15) is 44.1 Å². The summed E-state index contributed by atoms with van der Waals surface area (Å²) >= 11 is 2.38. The zero-order valence-corrected chi connectivity index (χ0v) is 15.1. The second kappa shape index (κ2) is 7.26. The molecule has 2 rings (SSSR count). The third-order valence-electron chi connectivity index (χ3n) is 3.41. The van der Waals surface area contributed by atoms with Crippen LogP contribution in [0.4, 0.5) is 0 Å². The first-order valence-electron chi connectivity index (χ1n) is 7.19. The van der Waals surface area contributed by atoms with Crippen LogP contribution in [-0.2, 0) is 0 Å². The molecule has 0 bridgehead atoms. The summed E-state index contributed by atoms with van der Waals surface area (Å²) in [7, 11) is 1.70. The Morgan fingerprint density at radius 2 is 2.05 bits per heavy atom. The summed E-state index contributed by atoms with van der Waals surface area (Å²) in [6.45, 7) is 7.26. The van der Waals surface area contributed by atoms with Crippen molar-refractivity contribution in [3.05, 3.63) is 45.3 Å². The molecule has 0 spiro atoms. The van der Waals surface area contributed by atoms with Gasteiger partial charge in [-0.1, -0.05) is 25.1 Å². The van der Waals surface area contributed by atoms with E-state index in [2.05, 4.69) is 78.0 Å². The van der Waals surface area contributed by atoms with Gasteiger partial charge in [-0.05, 0) is 54.6 Å². The van der Waals surface area contributed by atoms with Crippen LogP contribution in [0.15, 0.2) is 30.5 Å². The lowest BCUT2D eigenvalue weighted by Crippen LogP contribution is -2.26. The van der Waals surface area contributed by atoms with E-state index in [0.717, 1.165) is 18.0 Å². The molecule has 0 saturated carbocycles. The van der Waals surface area contributed by atoms with Gasteiger partial charge >= 0.3 is 0 Å². The summed E-state index contributed by atoms with van der Waals surface area (Å²) in [5.74, 6) is 0.828. The Kier molecular flexibility index (Phi) is 5.64. The van der Waals surface area contributed by atoms with Crippen molar-refractivity contribution < 1.29 is 4.74 Å². The van der Waals surface area contributed by atoms with Gasteiger partial charge in [-0.25, -0.2) is 0 Å². The fraction of sp³-hybridized carbons (Fsp3) is 0.438. The van der Waals surface area contributed by atoms with E-state index in [0.29, 0.717) is 0 Å². The number of nitrogens with one attached hydrogen (secondary N) is 1. The van der Waals surface area contributed by atoms with Crippen molar-refractivity contribution in [3.63, 3.8) is 0 Å². The highest BCUT2D eigenvalue weighted by Gasteiger charge is 2.25. The van der Waals surface area contributed by atoms with Gasteiger partial charge < -0.3 is 10.1 Å². The number of benzene rings is 1. The molecule has 0 saturated heterocycles. The molecule has 5 heteroatoms. The number of hydrogen-bond donors (Lipinski definition) is 1. The van der Waals surface area contributed by atoms with Crippen LogP contribution < -0.4 is 10.1 Å². The van der Waals surface area contributed by atoms with Crippen molar-refractivity contribution >= 4 is 22.6 Å². The van der Waals surface area contributed by atoms with Crippen molar-refractivity contribution in [2.24, 2.45) is 0 Å². The zero-order valence-electron chi connectivity index (χ0n) is 12.9. The molecule has 1 unspecified atom stereocenters. The number of ether oxygens (including phenoxy) is 1. The molecule has 0 aliphatic carbocycles. The predicted octanol–water partition coefficient (Wildman–Crippen LogP) is 3.78. The van der Waals surface area contributed by atoms with Gasteiger partial charge in [0, 0.05) is 9.61 Å².